The molecule has 1 atom stereocenters. The molecular weight excluding hydrogens is 256 g/mol. The van der Waals surface area contributed by atoms with E-state index >= 15 is 0 Å². The lowest BCUT2D eigenvalue weighted by Gasteiger charge is -2.32. The molecule has 1 unspecified atom stereocenters. The van der Waals surface area contributed by atoms with E-state index in [1.165, 1.54) is 0 Å². The van der Waals surface area contributed by atoms with E-state index < -0.39 is 22.0 Å². The molecule has 2 N–H and O–H groups in total. The highest BCUT2D eigenvalue weighted by Gasteiger charge is 2.21. The summed E-state index contributed by atoms with van der Waals surface area (Å²) in [5.41, 5.74) is 0. The van der Waals surface area contributed by atoms with Crippen molar-refractivity contribution in [2.45, 2.75) is 12.5 Å². The predicted octanol–water partition coefficient (Wildman–Crippen LogP) is -0.898. The third-order valence-corrected chi connectivity index (χ3v) is 3.12. The first-order valence-electron chi connectivity index (χ1n) is 4.93. The van der Waals surface area contributed by atoms with Gasteiger partial charge in [-0.05, 0) is 11.8 Å². The van der Waals surface area contributed by atoms with E-state index in [-0.39, 0.29) is 6.54 Å². The Morgan fingerprint density at radius 2 is 2.06 bits per heavy atom. The van der Waals surface area contributed by atoms with Gasteiger partial charge in [0, 0.05) is 13.0 Å². The average molecular weight is 275 g/mol. The van der Waals surface area contributed by atoms with Crippen molar-refractivity contribution in [1.82, 2.24) is 4.84 Å². The molecular formula is C8H19ClN2O4S. The average Bonchev–Trinajstić information content (AvgIpc) is 1.98. The molecule has 0 aliphatic heterocycles. The summed E-state index contributed by atoms with van der Waals surface area (Å²) in [7, 11) is -0.652. The van der Waals surface area contributed by atoms with E-state index in [1.54, 1.807) is 0 Å². The second-order valence-electron chi connectivity index (χ2n) is 4.46. The van der Waals surface area contributed by atoms with Crippen LogP contribution in [-0.2, 0) is 10.1 Å². The maximum Gasteiger partial charge on any atom is 0.116 e. The van der Waals surface area contributed by atoms with Crippen LogP contribution in [-0.4, -0.2) is 68.1 Å². The van der Waals surface area contributed by atoms with Crippen LogP contribution in [0.15, 0.2) is 0 Å². The van der Waals surface area contributed by atoms with Gasteiger partial charge in [-0.1, -0.05) is 0 Å². The van der Waals surface area contributed by atoms with Crippen LogP contribution in [0.25, 0.3) is 0 Å². The van der Waals surface area contributed by atoms with E-state index in [0.29, 0.717) is 11.0 Å². The highest BCUT2D eigenvalue weighted by atomic mass is 35.5. The van der Waals surface area contributed by atoms with E-state index in [9.17, 15) is 18.1 Å². The Bertz CT molecular complexity index is 294. The molecule has 0 spiro atoms. The van der Waals surface area contributed by atoms with Crippen LogP contribution >= 0.6 is 11.8 Å². The number of hydrogen-bond donors (Lipinski definition) is 2. The van der Waals surface area contributed by atoms with E-state index in [2.05, 4.69) is 4.84 Å². The number of nitrogens with one attached hydrogen (secondary N) is 1. The maximum atomic E-state index is 10.4. The fraction of sp³-hybridized carbons (Fsp3) is 1.00. The Hall–Kier alpha value is 0.0800. The molecule has 0 saturated heterocycles. The summed E-state index contributed by atoms with van der Waals surface area (Å²) < 4.78 is 31.8. The van der Waals surface area contributed by atoms with Gasteiger partial charge < -0.3 is 14.1 Å². The van der Waals surface area contributed by atoms with Crippen molar-refractivity contribution in [2.75, 3.05) is 39.5 Å². The molecule has 0 fully saturated rings. The number of quaternary nitrogens is 1. The SMILES string of the molecule is C[N+](C)(CCCNCl)CC(O)CS(=O)(=O)[O-]. The number of likely N-dealkylation sites (N-methyl/N-ethyl adjacent to an activating group) is 1. The second-order valence-corrected chi connectivity index (χ2v) is 6.17. The van der Waals surface area contributed by atoms with Crippen molar-refractivity contribution in [2.24, 2.45) is 0 Å². The molecule has 98 valence electrons. The Balaban J connectivity index is 4.04. The number of hydrogen-bond acceptors (Lipinski definition) is 5. The molecule has 16 heavy (non-hydrogen) atoms. The van der Waals surface area contributed by atoms with E-state index in [1.807, 2.05) is 14.1 Å². The summed E-state index contributed by atoms with van der Waals surface area (Å²) >= 11 is 5.30. The summed E-state index contributed by atoms with van der Waals surface area (Å²) in [4.78, 5) is 2.49. The van der Waals surface area contributed by atoms with Crippen LogP contribution in [0.3, 0.4) is 0 Å². The molecule has 0 aliphatic carbocycles. The fourth-order valence-electron chi connectivity index (χ4n) is 1.52. The Morgan fingerprint density at radius 1 is 1.50 bits per heavy atom. The minimum absolute atomic E-state index is 0.226. The molecule has 0 aromatic carbocycles. The van der Waals surface area contributed by atoms with Gasteiger partial charge in [0.1, 0.15) is 12.6 Å². The number of aliphatic hydroxyl groups excluding tert-OH is 1. The number of rotatable bonds is 8. The number of halogens is 1. The lowest BCUT2D eigenvalue weighted by molar-refractivity contribution is -0.893. The molecule has 0 saturated carbocycles. The van der Waals surface area contributed by atoms with Gasteiger partial charge in [-0.15, -0.1) is 0 Å². The summed E-state index contributed by atoms with van der Waals surface area (Å²) in [6, 6.07) is 0. The largest absolute Gasteiger partial charge is 0.748 e. The van der Waals surface area contributed by atoms with Crippen LogP contribution in [0.2, 0.25) is 0 Å². The molecule has 0 aromatic heterocycles. The zero-order valence-corrected chi connectivity index (χ0v) is 11.1. The first kappa shape index (κ1) is 16.1. The van der Waals surface area contributed by atoms with Gasteiger partial charge >= 0.3 is 0 Å². The summed E-state index contributed by atoms with van der Waals surface area (Å²) in [5.74, 6) is -0.734. The Labute approximate surface area is 102 Å². The molecule has 0 rings (SSSR count). The minimum Gasteiger partial charge on any atom is -0.748 e. The zero-order chi connectivity index (χ0) is 12.8. The topological polar surface area (TPSA) is 89.5 Å². The van der Waals surface area contributed by atoms with Crippen molar-refractivity contribution >= 4 is 21.9 Å². The standard InChI is InChI=1S/C8H19ClN2O4S/c1-11(2,5-3-4-10-9)6-8(12)7-16(13,14)15/h8,10,12H,3-7H2,1-2H3. The van der Waals surface area contributed by atoms with Crippen LogP contribution < -0.4 is 4.84 Å². The van der Waals surface area contributed by atoms with Crippen molar-refractivity contribution < 1.29 is 22.6 Å². The van der Waals surface area contributed by atoms with E-state index in [4.69, 9.17) is 11.8 Å². The van der Waals surface area contributed by atoms with Crippen LogP contribution in [0.5, 0.6) is 0 Å². The van der Waals surface area contributed by atoms with Gasteiger partial charge in [0.25, 0.3) is 0 Å². The summed E-state index contributed by atoms with van der Waals surface area (Å²) in [5, 5.41) is 9.44. The van der Waals surface area contributed by atoms with Crippen LogP contribution in [0.1, 0.15) is 6.42 Å². The van der Waals surface area contributed by atoms with Gasteiger partial charge in [0.2, 0.25) is 0 Å². The number of aliphatic hydroxyl groups is 1. The fourth-order valence-corrected chi connectivity index (χ4v) is 2.23. The highest BCUT2D eigenvalue weighted by molar-refractivity contribution is 7.85. The van der Waals surface area contributed by atoms with Crippen molar-refractivity contribution in [1.29, 1.82) is 0 Å². The van der Waals surface area contributed by atoms with Crippen molar-refractivity contribution in [3.05, 3.63) is 0 Å². The third-order valence-electron chi connectivity index (χ3n) is 2.14. The lowest BCUT2D eigenvalue weighted by atomic mass is 10.3. The molecule has 0 aromatic rings. The van der Waals surface area contributed by atoms with Gasteiger partial charge in [0.15, 0.2) is 0 Å². The normalized spacial score (nSPS) is 15.1. The molecule has 6 nitrogen and oxygen atoms in total. The smallest absolute Gasteiger partial charge is 0.116 e. The van der Waals surface area contributed by atoms with Crippen molar-refractivity contribution in [3.8, 4) is 0 Å². The molecule has 0 radical (unpaired) electrons. The second kappa shape index (κ2) is 6.73. The van der Waals surface area contributed by atoms with Gasteiger partial charge in [0.05, 0.1) is 36.5 Å². The first-order chi connectivity index (χ1) is 7.16. The van der Waals surface area contributed by atoms with Gasteiger partial charge in [-0.25, -0.2) is 13.3 Å². The molecule has 0 bridgehead atoms. The Kier molecular flexibility index (Phi) is 6.76. The molecule has 0 aliphatic rings. The maximum absolute atomic E-state index is 10.4. The number of nitrogens with zero attached hydrogens (tertiary/aromatic N) is 1. The molecule has 8 heteroatoms. The lowest BCUT2D eigenvalue weighted by Crippen LogP contribution is -2.48. The van der Waals surface area contributed by atoms with Crippen LogP contribution in [0.4, 0.5) is 0 Å². The monoisotopic (exact) mass is 274 g/mol. The summed E-state index contributed by atoms with van der Waals surface area (Å²) in [6.45, 7) is 1.60. The first-order valence-corrected chi connectivity index (χ1v) is 6.89. The quantitative estimate of drug-likeness (QED) is 0.259. The minimum atomic E-state index is -4.36. The van der Waals surface area contributed by atoms with Crippen molar-refractivity contribution in [3.63, 3.8) is 0 Å². The Morgan fingerprint density at radius 3 is 2.50 bits per heavy atom. The molecule has 0 heterocycles. The molecule has 0 amide bonds. The van der Waals surface area contributed by atoms with Gasteiger partial charge in [-0.2, -0.15) is 0 Å². The zero-order valence-electron chi connectivity index (χ0n) is 9.52. The predicted molar refractivity (Wildman–Crippen MR) is 60.9 cm³/mol. The van der Waals surface area contributed by atoms with Gasteiger partial charge in [-0.3, -0.25) is 0 Å². The highest BCUT2D eigenvalue weighted by Crippen LogP contribution is 2.03. The van der Waals surface area contributed by atoms with E-state index in [0.717, 1.165) is 13.0 Å². The third kappa shape index (κ3) is 9.32. The summed E-state index contributed by atoms with van der Waals surface area (Å²) in [6.07, 6.45) is -0.325. The van der Waals surface area contributed by atoms with Crippen LogP contribution in [0, 0.1) is 0 Å².